The van der Waals surface area contributed by atoms with E-state index >= 15 is 0 Å². The van der Waals surface area contributed by atoms with Crippen LogP contribution in [0, 0.1) is 6.92 Å². The van der Waals surface area contributed by atoms with Crippen molar-refractivity contribution in [2.24, 2.45) is 0 Å². The van der Waals surface area contributed by atoms with Gasteiger partial charge in [0.1, 0.15) is 5.82 Å². The number of fused-ring (bicyclic) bond motifs is 1. The van der Waals surface area contributed by atoms with Crippen LogP contribution in [0.3, 0.4) is 0 Å². The standard InChI is InChI=1S/C28H22N4O3S/c1-18-14-25(30-27(33)26(19-8-4-2-5-9-19)20-10-6-3-7-11-20)32(31-18)28-29-22(16-36-28)21-12-13-23-24(15-21)35-17-34-23/h2-16,26H,17H2,1H3,(H,30,33). The number of amides is 1. The van der Waals surface area contributed by atoms with Gasteiger partial charge in [-0.05, 0) is 36.2 Å². The van der Waals surface area contributed by atoms with Gasteiger partial charge in [0.05, 0.1) is 17.3 Å². The van der Waals surface area contributed by atoms with Gasteiger partial charge < -0.3 is 14.8 Å². The van der Waals surface area contributed by atoms with E-state index in [-0.39, 0.29) is 12.7 Å². The first-order valence-corrected chi connectivity index (χ1v) is 12.4. The molecule has 5 aromatic rings. The molecular formula is C28H22N4O3S. The minimum atomic E-state index is -0.462. The van der Waals surface area contributed by atoms with Gasteiger partial charge in [0.15, 0.2) is 11.5 Å². The van der Waals surface area contributed by atoms with Crippen LogP contribution in [0.1, 0.15) is 22.7 Å². The molecule has 0 saturated carbocycles. The molecule has 0 unspecified atom stereocenters. The van der Waals surface area contributed by atoms with Crippen molar-refractivity contribution in [3.05, 3.63) is 107 Å². The third-order valence-corrected chi connectivity index (χ3v) is 6.77. The molecule has 0 fully saturated rings. The molecule has 3 heterocycles. The number of carbonyl (C=O) groups is 1. The Morgan fingerprint density at radius 2 is 1.64 bits per heavy atom. The van der Waals surface area contributed by atoms with E-state index in [1.165, 1.54) is 11.3 Å². The highest BCUT2D eigenvalue weighted by Crippen LogP contribution is 2.37. The zero-order chi connectivity index (χ0) is 24.5. The lowest BCUT2D eigenvalue weighted by atomic mass is 9.90. The number of hydrogen-bond donors (Lipinski definition) is 1. The highest BCUT2D eigenvalue weighted by Gasteiger charge is 2.25. The number of thiazole rings is 1. The van der Waals surface area contributed by atoms with Gasteiger partial charge in [-0.1, -0.05) is 60.7 Å². The Labute approximate surface area is 212 Å². The highest BCUT2D eigenvalue weighted by molar-refractivity contribution is 7.12. The van der Waals surface area contributed by atoms with E-state index in [9.17, 15) is 4.79 Å². The van der Waals surface area contributed by atoms with Gasteiger partial charge in [-0.15, -0.1) is 11.3 Å². The van der Waals surface area contributed by atoms with Crippen LogP contribution in [0.25, 0.3) is 16.4 Å². The van der Waals surface area contributed by atoms with E-state index in [4.69, 9.17) is 14.5 Å². The largest absolute Gasteiger partial charge is 0.454 e. The van der Waals surface area contributed by atoms with Crippen LogP contribution in [-0.2, 0) is 4.79 Å². The molecule has 0 bridgehead atoms. The quantitative estimate of drug-likeness (QED) is 0.323. The Morgan fingerprint density at radius 1 is 0.944 bits per heavy atom. The normalized spacial score (nSPS) is 12.2. The van der Waals surface area contributed by atoms with Gasteiger partial charge in [-0.25, -0.2) is 4.98 Å². The molecule has 0 radical (unpaired) electrons. The maximum absolute atomic E-state index is 13.6. The predicted molar refractivity (Wildman–Crippen MR) is 139 cm³/mol. The van der Waals surface area contributed by atoms with Crippen molar-refractivity contribution in [2.75, 3.05) is 12.1 Å². The monoisotopic (exact) mass is 494 g/mol. The Bertz CT molecular complexity index is 1490. The first-order chi connectivity index (χ1) is 17.7. The molecular weight excluding hydrogens is 472 g/mol. The van der Waals surface area contributed by atoms with Gasteiger partial charge in [0.25, 0.3) is 0 Å². The summed E-state index contributed by atoms with van der Waals surface area (Å²) in [6, 6.07) is 27.2. The van der Waals surface area contributed by atoms with Crippen molar-refractivity contribution >= 4 is 23.1 Å². The first-order valence-electron chi connectivity index (χ1n) is 11.5. The van der Waals surface area contributed by atoms with Gasteiger partial charge >= 0.3 is 0 Å². The topological polar surface area (TPSA) is 78.3 Å². The lowest BCUT2D eigenvalue weighted by Crippen LogP contribution is -2.23. The predicted octanol–water partition coefficient (Wildman–Crippen LogP) is 5.80. The molecule has 1 aliphatic heterocycles. The average molecular weight is 495 g/mol. The second-order valence-electron chi connectivity index (χ2n) is 8.41. The number of carbonyl (C=O) groups excluding carboxylic acids is 1. The van der Waals surface area contributed by atoms with E-state index in [1.54, 1.807) is 4.68 Å². The summed E-state index contributed by atoms with van der Waals surface area (Å²) in [4.78, 5) is 18.4. The molecule has 3 aromatic carbocycles. The molecule has 0 spiro atoms. The molecule has 8 heteroatoms. The molecule has 0 atom stereocenters. The lowest BCUT2D eigenvalue weighted by molar-refractivity contribution is -0.116. The first kappa shape index (κ1) is 22.1. The summed E-state index contributed by atoms with van der Waals surface area (Å²) in [5.74, 6) is 1.41. The number of hydrogen-bond acceptors (Lipinski definition) is 6. The van der Waals surface area contributed by atoms with Crippen LogP contribution < -0.4 is 14.8 Å². The second-order valence-corrected chi connectivity index (χ2v) is 9.25. The Hall–Kier alpha value is -4.43. The van der Waals surface area contributed by atoms with E-state index in [0.29, 0.717) is 16.7 Å². The van der Waals surface area contributed by atoms with Gasteiger partial charge in [-0.2, -0.15) is 9.78 Å². The number of nitrogens with zero attached hydrogens (tertiary/aromatic N) is 3. The Kier molecular flexibility index (Phi) is 5.71. The van der Waals surface area contributed by atoms with Gasteiger partial charge in [0, 0.05) is 17.0 Å². The summed E-state index contributed by atoms with van der Waals surface area (Å²) in [6.45, 7) is 2.12. The SMILES string of the molecule is Cc1cc(NC(=O)C(c2ccccc2)c2ccccc2)n(-c2nc(-c3ccc4c(c3)OCO4)cs2)n1. The minimum Gasteiger partial charge on any atom is -0.454 e. The molecule has 2 aromatic heterocycles. The zero-order valence-corrected chi connectivity index (χ0v) is 20.2. The summed E-state index contributed by atoms with van der Waals surface area (Å²) in [5.41, 5.74) is 4.34. The molecule has 1 amide bonds. The summed E-state index contributed by atoms with van der Waals surface area (Å²) in [6.07, 6.45) is 0. The fraction of sp³-hybridized carbons (Fsp3) is 0.107. The molecule has 1 aliphatic rings. The third kappa shape index (κ3) is 4.23. The van der Waals surface area contributed by atoms with E-state index in [1.807, 2.05) is 97.2 Å². The van der Waals surface area contributed by atoms with E-state index in [2.05, 4.69) is 10.4 Å². The average Bonchev–Trinajstić information content (AvgIpc) is 3.65. The summed E-state index contributed by atoms with van der Waals surface area (Å²) in [7, 11) is 0. The van der Waals surface area contributed by atoms with E-state index in [0.717, 1.165) is 33.8 Å². The molecule has 6 rings (SSSR count). The highest BCUT2D eigenvalue weighted by atomic mass is 32.1. The number of rotatable bonds is 6. The van der Waals surface area contributed by atoms with Crippen LogP contribution >= 0.6 is 11.3 Å². The Morgan fingerprint density at radius 3 is 2.36 bits per heavy atom. The molecule has 0 saturated heterocycles. The zero-order valence-electron chi connectivity index (χ0n) is 19.4. The molecule has 1 N–H and O–H groups in total. The summed E-state index contributed by atoms with van der Waals surface area (Å²) >= 11 is 1.45. The maximum atomic E-state index is 13.6. The van der Waals surface area contributed by atoms with Gasteiger partial charge in [-0.3, -0.25) is 4.79 Å². The number of anilines is 1. The van der Waals surface area contributed by atoms with Crippen molar-refractivity contribution < 1.29 is 14.3 Å². The summed E-state index contributed by atoms with van der Waals surface area (Å²) in [5, 5.41) is 10.3. The number of aromatic nitrogens is 3. The number of ether oxygens (including phenoxy) is 2. The lowest BCUT2D eigenvalue weighted by Gasteiger charge is -2.18. The minimum absolute atomic E-state index is 0.138. The fourth-order valence-electron chi connectivity index (χ4n) is 4.27. The Balaban J connectivity index is 1.31. The van der Waals surface area contributed by atoms with Crippen molar-refractivity contribution in [2.45, 2.75) is 12.8 Å². The second kappa shape index (κ2) is 9.31. The third-order valence-electron chi connectivity index (χ3n) is 5.95. The van der Waals surface area contributed by atoms with Crippen LogP contribution in [0.2, 0.25) is 0 Å². The molecule has 178 valence electrons. The molecule has 0 aliphatic carbocycles. The maximum Gasteiger partial charge on any atom is 0.237 e. The van der Waals surface area contributed by atoms with Gasteiger partial charge in [0.2, 0.25) is 17.8 Å². The smallest absolute Gasteiger partial charge is 0.237 e. The van der Waals surface area contributed by atoms with Crippen molar-refractivity contribution in [3.8, 4) is 27.9 Å². The number of aryl methyl sites for hydroxylation is 1. The molecule has 7 nitrogen and oxygen atoms in total. The van der Waals surface area contributed by atoms with Crippen LogP contribution in [0.4, 0.5) is 5.82 Å². The number of nitrogens with one attached hydrogen (secondary N) is 1. The van der Waals surface area contributed by atoms with Crippen LogP contribution in [0.5, 0.6) is 11.5 Å². The van der Waals surface area contributed by atoms with Crippen LogP contribution in [0.15, 0.2) is 90.3 Å². The fourth-order valence-corrected chi connectivity index (χ4v) is 5.06. The molecule has 36 heavy (non-hydrogen) atoms. The van der Waals surface area contributed by atoms with E-state index < -0.39 is 5.92 Å². The van der Waals surface area contributed by atoms with Crippen molar-refractivity contribution in [1.82, 2.24) is 14.8 Å². The van der Waals surface area contributed by atoms with Crippen molar-refractivity contribution in [1.29, 1.82) is 0 Å². The van der Waals surface area contributed by atoms with Crippen molar-refractivity contribution in [3.63, 3.8) is 0 Å². The number of benzene rings is 3. The summed E-state index contributed by atoms with van der Waals surface area (Å²) < 4.78 is 12.6. The van der Waals surface area contributed by atoms with Crippen LogP contribution in [-0.4, -0.2) is 27.5 Å².